The molecule has 0 saturated heterocycles. The number of hydrogen-bond donors (Lipinski definition) is 1. The van der Waals surface area contributed by atoms with Crippen molar-refractivity contribution in [2.24, 2.45) is 16.2 Å². The van der Waals surface area contributed by atoms with Crippen LogP contribution < -0.4 is 0 Å². The van der Waals surface area contributed by atoms with Crippen LogP contribution >= 0.6 is 0 Å². The number of rotatable bonds is 11. The van der Waals surface area contributed by atoms with E-state index in [1.807, 2.05) is 27.7 Å². The predicted octanol–water partition coefficient (Wildman–Crippen LogP) is 3.82. The lowest BCUT2D eigenvalue weighted by atomic mass is 9.84. The molecule has 0 aromatic rings. The van der Waals surface area contributed by atoms with Crippen LogP contribution in [0.15, 0.2) is 0 Å². The van der Waals surface area contributed by atoms with E-state index in [1.54, 1.807) is 13.8 Å². The summed E-state index contributed by atoms with van der Waals surface area (Å²) in [4.78, 5) is 36.2. The summed E-state index contributed by atoms with van der Waals surface area (Å²) in [5, 5.41) is 9.51. The standard InChI is InChI=1S/C19H34O6/c1-8-17(5,9-2)15(22)24-12-19(7,14(20)21)13-25-16(23)18(6,10-3)11-4/h8-13H2,1-7H3,(H,20,21). The van der Waals surface area contributed by atoms with Gasteiger partial charge in [-0.05, 0) is 46.5 Å². The maximum absolute atomic E-state index is 12.3. The van der Waals surface area contributed by atoms with Crippen LogP contribution in [0.3, 0.4) is 0 Å². The average molecular weight is 358 g/mol. The summed E-state index contributed by atoms with van der Waals surface area (Å²) in [5.74, 6) is -2.02. The van der Waals surface area contributed by atoms with Crippen molar-refractivity contribution >= 4 is 17.9 Å². The van der Waals surface area contributed by atoms with Crippen molar-refractivity contribution in [1.29, 1.82) is 0 Å². The second-order valence-corrected chi connectivity index (χ2v) is 7.55. The molecule has 146 valence electrons. The number of carbonyl (C=O) groups excluding carboxylic acids is 2. The molecule has 0 aliphatic heterocycles. The summed E-state index contributed by atoms with van der Waals surface area (Å²) in [6, 6.07) is 0. The largest absolute Gasteiger partial charge is 0.481 e. The zero-order valence-electron chi connectivity index (χ0n) is 16.7. The van der Waals surface area contributed by atoms with Crippen LogP contribution in [0.25, 0.3) is 0 Å². The molecule has 0 aromatic carbocycles. The van der Waals surface area contributed by atoms with Crippen molar-refractivity contribution in [3.8, 4) is 0 Å². The highest BCUT2D eigenvalue weighted by molar-refractivity contribution is 5.79. The van der Waals surface area contributed by atoms with Gasteiger partial charge in [0.25, 0.3) is 0 Å². The fraction of sp³-hybridized carbons (Fsp3) is 0.842. The van der Waals surface area contributed by atoms with Gasteiger partial charge in [-0.25, -0.2) is 0 Å². The van der Waals surface area contributed by atoms with Gasteiger partial charge >= 0.3 is 17.9 Å². The average Bonchev–Trinajstić information content (AvgIpc) is 2.62. The Morgan fingerprint density at radius 1 is 0.680 bits per heavy atom. The minimum absolute atomic E-state index is 0.334. The van der Waals surface area contributed by atoms with E-state index in [-0.39, 0.29) is 13.2 Å². The molecule has 0 rings (SSSR count). The monoisotopic (exact) mass is 358 g/mol. The third-order valence-corrected chi connectivity index (χ3v) is 5.67. The van der Waals surface area contributed by atoms with E-state index >= 15 is 0 Å². The van der Waals surface area contributed by atoms with E-state index in [2.05, 4.69) is 0 Å². The number of esters is 2. The molecule has 0 saturated carbocycles. The first-order valence-corrected chi connectivity index (χ1v) is 9.02. The summed E-state index contributed by atoms with van der Waals surface area (Å²) >= 11 is 0. The van der Waals surface area contributed by atoms with Gasteiger partial charge in [0.05, 0.1) is 10.8 Å². The van der Waals surface area contributed by atoms with E-state index in [1.165, 1.54) is 6.92 Å². The van der Waals surface area contributed by atoms with Gasteiger partial charge in [-0.1, -0.05) is 27.7 Å². The van der Waals surface area contributed by atoms with Crippen molar-refractivity contribution in [2.75, 3.05) is 13.2 Å². The van der Waals surface area contributed by atoms with Crippen molar-refractivity contribution in [3.05, 3.63) is 0 Å². The van der Waals surface area contributed by atoms with Crippen molar-refractivity contribution < 1.29 is 29.0 Å². The molecule has 0 aliphatic carbocycles. The summed E-state index contributed by atoms with van der Waals surface area (Å²) in [5.41, 5.74) is -2.76. The smallest absolute Gasteiger partial charge is 0.316 e. The second kappa shape index (κ2) is 9.20. The molecule has 0 spiro atoms. The maximum atomic E-state index is 12.3. The number of carbonyl (C=O) groups is 3. The number of ether oxygens (including phenoxy) is 2. The molecule has 0 aromatic heterocycles. The van der Waals surface area contributed by atoms with Crippen molar-refractivity contribution in [2.45, 2.75) is 74.1 Å². The summed E-state index contributed by atoms with van der Waals surface area (Å²) in [7, 11) is 0. The van der Waals surface area contributed by atoms with Crippen LogP contribution in [0.1, 0.15) is 74.1 Å². The van der Waals surface area contributed by atoms with Gasteiger partial charge < -0.3 is 14.6 Å². The quantitative estimate of drug-likeness (QED) is 0.565. The molecule has 0 unspecified atom stereocenters. The molecule has 1 N–H and O–H groups in total. The molecule has 0 fully saturated rings. The molecule has 0 amide bonds. The lowest BCUT2D eigenvalue weighted by Crippen LogP contribution is -2.42. The van der Waals surface area contributed by atoms with Crippen LogP contribution in [0.5, 0.6) is 0 Å². The highest BCUT2D eigenvalue weighted by Crippen LogP contribution is 2.30. The first-order valence-electron chi connectivity index (χ1n) is 9.02. The Balaban J connectivity index is 5.01. The first kappa shape index (κ1) is 23.4. The van der Waals surface area contributed by atoms with Crippen LogP contribution in [-0.4, -0.2) is 36.2 Å². The first-order chi connectivity index (χ1) is 11.4. The molecular weight excluding hydrogens is 324 g/mol. The fourth-order valence-electron chi connectivity index (χ4n) is 2.04. The maximum Gasteiger partial charge on any atom is 0.316 e. The lowest BCUT2D eigenvalue weighted by molar-refractivity contribution is -0.173. The zero-order valence-corrected chi connectivity index (χ0v) is 16.7. The molecule has 6 heteroatoms. The third kappa shape index (κ3) is 5.72. The third-order valence-electron chi connectivity index (χ3n) is 5.67. The molecule has 0 aliphatic rings. The Morgan fingerprint density at radius 2 is 0.960 bits per heavy atom. The van der Waals surface area contributed by atoms with Crippen molar-refractivity contribution in [1.82, 2.24) is 0 Å². The van der Waals surface area contributed by atoms with Crippen LogP contribution in [0, 0.1) is 16.2 Å². The Labute approximate surface area is 151 Å². The van der Waals surface area contributed by atoms with Gasteiger partial charge in [0.1, 0.15) is 18.6 Å². The SMILES string of the molecule is CCC(C)(CC)C(=O)OCC(C)(COC(=O)C(C)(CC)CC)C(=O)O. The van der Waals surface area contributed by atoms with Crippen LogP contribution in [0.2, 0.25) is 0 Å². The fourth-order valence-corrected chi connectivity index (χ4v) is 2.04. The van der Waals surface area contributed by atoms with E-state index in [0.717, 1.165) is 0 Å². The van der Waals surface area contributed by atoms with Gasteiger partial charge in [0.2, 0.25) is 0 Å². The van der Waals surface area contributed by atoms with Crippen molar-refractivity contribution in [3.63, 3.8) is 0 Å². The molecule has 25 heavy (non-hydrogen) atoms. The highest BCUT2D eigenvalue weighted by Gasteiger charge is 2.41. The van der Waals surface area contributed by atoms with Gasteiger partial charge in [0, 0.05) is 0 Å². The van der Waals surface area contributed by atoms with E-state index in [9.17, 15) is 19.5 Å². The minimum Gasteiger partial charge on any atom is -0.481 e. The minimum atomic E-state index is -1.48. The summed E-state index contributed by atoms with van der Waals surface area (Å²) in [6.07, 6.45) is 2.41. The predicted molar refractivity (Wildman–Crippen MR) is 95.0 cm³/mol. The molecule has 0 radical (unpaired) electrons. The number of aliphatic carboxylic acids is 1. The van der Waals surface area contributed by atoms with Gasteiger partial charge in [-0.3, -0.25) is 14.4 Å². The van der Waals surface area contributed by atoms with Crippen LogP contribution in [-0.2, 0) is 23.9 Å². The van der Waals surface area contributed by atoms with E-state index < -0.39 is 34.2 Å². The molecular formula is C19H34O6. The summed E-state index contributed by atoms with van der Waals surface area (Å²) < 4.78 is 10.5. The Kier molecular flexibility index (Phi) is 8.62. The lowest BCUT2D eigenvalue weighted by Gasteiger charge is -2.30. The molecule has 0 bridgehead atoms. The topological polar surface area (TPSA) is 89.9 Å². The van der Waals surface area contributed by atoms with Gasteiger partial charge in [-0.15, -0.1) is 0 Å². The number of hydrogen-bond acceptors (Lipinski definition) is 5. The Bertz CT molecular complexity index is 440. The number of carboxylic acid groups (broad SMARTS) is 1. The second-order valence-electron chi connectivity index (χ2n) is 7.55. The molecule has 6 nitrogen and oxygen atoms in total. The Hall–Kier alpha value is -1.59. The van der Waals surface area contributed by atoms with E-state index in [0.29, 0.717) is 25.7 Å². The Morgan fingerprint density at radius 3 is 1.16 bits per heavy atom. The molecule has 0 atom stereocenters. The van der Waals surface area contributed by atoms with E-state index in [4.69, 9.17) is 9.47 Å². The summed E-state index contributed by atoms with van der Waals surface area (Å²) in [6.45, 7) is 11.9. The normalized spacial score (nSPS) is 12.6. The number of carboxylic acids is 1. The van der Waals surface area contributed by atoms with Crippen LogP contribution in [0.4, 0.5) is 0 Å². The zero-order chi connectivity index (χ0) is 19.9. The van der Waals surface area contributed by atoms with Gasteiger partial charge in [-0.2, -0.15) is 0 Å². The van der Waals surface area contributed by atoms with Gasteiger partial charge in [0.15, 0.2) is 0 Å². The highest BCUT2D eigenvalue weighted by atomic mass is 16.6. The molecule has 0 heterocycles.